The lowest BCUT2D eigenvalue weighted by molar-refractivity contribution is 0.628. The van der Waals surface area contributed by atoms with E-state index in [1.807, 2.05) is 22.6 Å². The van der Waals surface area contributed by atoms with Crippen molar-refractivity contribution in [1.29, 1.82) is 0 Å². The molecule has 0 fully saturated rings. The number of nitrogens with zero attached hydrogens (tertiary/aromatic N) is 7. The molecule has 3 heterocycles. The number of halogens is 1. The molecular weight excluding hydrogens is 405 g/mol. The summed E-state index contributed by atoms with van der Waals surface area (Å²) in [4.78, 5) is 12.6. The molecule has 150 valence electrons. The number of para-hydroxylation sites is 1. The number of aryl methyl sites for hydroxylation is 1. The van der Waals surface area contributed by atoms with Crippen molar-refractivity contribution in [2.45, 2.75) is 10.9 Å². The SMILES string of the molecule is Cn1c(SCc2nnc3n(C)c(=O)c4ccccc4n23)nnc1-c1ccccc1F. The lowest BCUT2D eigenvalue weighted by Crippen LogP contribution is -2.20. The van der Waals surface area contributed by atoms with Crippen LogP contribution < -0.4 is 5.56 Å². The lowest BCUT2D eigenvalue weighted by atomic mass is 10.2. The quantitative estimate of drug-likeness (QED) is 0.415. The molecule has 0 N–H and O–H groups in total. The molecule has 2 aromatic carbocycles. The van der Waals surface area contributed by atoms with Gasteiger partial charge in [-0.25, -0.2) is 4.39 Å². The van der Waals surface area contributed by atoms with Crippen LogP contribution in [0.2, 0.25) is 0 Å². The maximum absolute atomic E-state index is 14.1. The minimum atomic E-state index is -0.347. The van der Waals surface area contributed by atoms with Gasteiger partial charge in [0.2, 0.25) is 5.78 Å². The molecule has 0 aliphatic heterocycles. The van der Waals surface area contributed by atoms with Crippen molar-refractivity contribution >= 4 is 28.4 Å². The summed E-state index contributed by atoms with van der Waals surface area (Å²) >= 11 is 1.42. The largest absolute Gasteiger partial charge is 0.305 e. The molecule has 0 aliphatic rings. The van der Waals surface area contributed by atoms with Crippen molar-refractivity contribution in [3.63, 3.8) is 0 Å². The van der Waals surface area contributed by atoms with E-state index in [4.69, 9.17) is 0 Å². The van der Waals surface area contributed by atoms with Gasteiger partial charge in [0.05, 0.1) is 22.2 Å². The summed E-state index contributed by atoms with van der Waals surface area (Å²) in [7, 11) is 3.48. The van der Waals surface area contributed by atoms with E-state index in [2.05, 4.69) is 20.4 Å². The van der Waals surface area contributed by atoms with Gasteiger partial charge in [-0.05, 0) is 24.3 Å². The highest BCUT2D eigenvalue weighted by Crippen LogP contribution is 2.27. The maximum Gasteiger partial charge on any atom is 0.262 e. The molecular formula is C20H16FN7OS. The molecule has 0 atom stereocenters. The average molecular weight is 421 g/mol. The van der Waals surface area contributed by atoms with Crippen LogP contribution in [0, 0.1) is 5.82 Å². The zero-order chi connectivity index (χ0) is 20.8. The second kappa shape index (κ2) is 7.06. The number of hydrogen-bond donors (Lipinski definition) is 0. The Morgan fingerprint density at radius 1 is 0.933 bits per heavy atom. The third-order valence-electron chi connectivity index (χ3n) is 4.97. The number of aromatic nitrogens is 7. The molecule has 8 nitrogen and oxygen atoms in total. The van der Waals surface area contributed by atoms with Gasteiger partial charge in [-0.15, -0.1) is 20.4 Å². The van der Waals surface area contributed by atoms with Crippen molar-refractivity contribution in [3.05, 3.63) is 70.5 Å². The van der Waals surface area contributed by atoms with E-state index in [1.165, 1.54) is 22.4 Å². The predicted molar refractivity (Wildman–Crippen MR) is 112 cm³/mol. The van der Waals surface area contributed by atoms with Crippen LogP contribution in [0.1, 0.15) is 5.82 Å². The fourth-order valence-corrected chi connectivity index (χ4v) is 4.26. The number of hydrogen-bond acceptors (Lipinski definition) is 6. The van der Waals surface area contributed by atoms with E-state index in [0.29, 0.717) is 39.3 Å². The van der Waals surface area contributed by atoms with E-state index in [9.17, 15) is 9.18 Å². The molecule has 0 radical (unpaired) electrons. The summed E-state index contributed by atoms with van der Waals surface area (Å²) in [6.45, 7) is 0. The molecule has 0 saturated heterocycles. The van der Waals surface area contributed by atoms with Crippen molar-refractivity contribution in [1.82, 2.24) is 33.9 Å². The zero-order valence-corrected chi connectivity index (χ0v) is 17.0. The van der Waals surface area contributed by atoms with Crippen molar-refractivity contribution in [3.8, 4) is 11.4 Å². The van der Waals surface area contributed by atoms with Crippen molar-refractivity contribution < 1.29 is 4.39 Å². The number of benzene rings is 2. The second-order valence-corrected chi connectivity index (χ2v) is 7.71. The number of fused-ring (bicyclic) bond motifs is 3. The molecule has 0 spiro atoms. The van der Waals surface area contributed by atoms with E-state index in [0.717, 1.165) is 5.52 Å². The Kier molecular flexibility index (Phi) is 4.35. The van der Waals surface area contributed by atoms with Gasteiger partial charge in [-0.3, -0.25) is 13.8 Å². The van der Waals surface area contributed by atoms with Crippen LogP contribution in [0.4, 0.5) is 4.39 Å². The highest BCUT2D eigenvalue weighted by Gasteiger charge is 2.18. The first-order valence-electron chi connectivity index (χ1n) is 9.15. The third-order valence-corrected chi connectivity index (χ3v) is 5.99. The Morgan fingerprint density at radius 2 is 1.70 bits per heavy atom. The van der Waals surface area contributed by atoms with Gasteiger partial charge < -0.3 is 4.57 Å². The van der Waals surface area contributed by atoms with Crippen LogP contribution in [-0.4, -0.2) is 33.9 Å². The second-order valence-electron chi connectivity index (χ2n) is 6.77. The Labute approximate surface area is 174 Å². The first-order valence-corrected chi connectivity index (χ1v) is 10.1. The predicted octanol–water partition coefficient (Wildman–Crippen LogP) is 2.81. The lowest BCUT2D eigenvalue weighted by Gasteiger charge is -2.08. The molecule has 0 bridgehead atoms. The minimum Gasteiger partial charge on any atom is -0.305 e. The van der Waals surface area contributed by atoms with Gasteiger partial charge in [0, 0.05) is 14.1 Å². The Balaban J connectivity index is 1.53. The van der Waals surface area contributed by atoms with Gasteiger partial charge in [0.1, 0.15) is 11.6 Å². The van der Waals surface area contributed by atoms with Crippen LogP contribution >= 0.6 is 11.8 Å². The summed E-state index contributed by atoms with van der Waals surface area (Å²) in [6.07, 6.45) is 0. The molecule has 30 heavy (non-hydrogen) atoms. The van der Waals surface area contributed by atoms with Crippen LogP contribution in [0.3, 0.4) is 0 Å². The van der Waals surface area contributed by atoms with Crippen molar-refractivity contribution in [2.24, 2.45) is 14.1 Å². The number of rotatable bonds is 4. The smallest absolute Gasteiger partial charge is 0.262 e. The van der Waals surface area contributed by atoms with Crippen molar-refractivity contribution in [2.75, 3.05) is 0 Å². The van der Waals surface area contributed by atoms with Gasteiger partial charge in [0.25, 0.3) is 5.56 Å². The Hall–Kier alpha value is -3.53. The highest BCUT2D eigenvalue weighted by atomic mass is 32.2. The molecule has 5 aromatic rings. The monoisotopic (exact) mass is 421 g/mol. The summed E-state index contributed by atoms with van der Waals surface area (Å²) in [5.41, 5.74) is 1.03. The van der Waals surface area contributed by atoms with Gasteiger partial charge in [-0.1, -0.05) is 36.0 Å². The van der Waals surface area contributed by atoms with Gasteiger partial charge in [0.15, 0.2) is 11.0 Å². The molecule has 10 heteroatoms. The summed E-state index contributed by atoms with van der Waals surface area (Å²) < 4.78 is 19.2. The summed E-state index contributed by atoms with van der Waals surface area (Å²) in [5.74, 6) is 1.71. The normalized spacial score (nSPS) is 11.6. The maximum atomic E-state index is 14.1. The molecule has 3 aromatic heterocycles. The first-order chi connectivity index (χ1) is 14.6. The molecule has 0 unspecified atom stereocenters. The standard InChI is InChI=1S/C20H16FN7OS/c1-26-17(12-7-3-5-9-14(12)21)23-25-20(26)30-11-16-22-24-19-27(2)18(29)13-8-4-6-10-15(13)28(16)19/h3-10H,11H2,1-2H3. The Bertz CT molecular complexity index is 1470. The topological polar surface area (TPSA) is 82.9 Å². The summed E-state index contributed by atoms with van der Waals surface area (Å²) in [5, 5.41) is 18.1. The fourth-order valence-electron chi connectivity index (χ4n) is 3.43. The van der Waals surface area contributed by atoms with Gasteiger partial charge >= 0.3 is 0 Å². The number of thioether (sulfide) groups is 1. The highest BCUT2D eigenvalue weighted by molar-refractivity contribution is 7.98. The fraction of sp³-hybridized carbons (Fsp3) is 0.150. The van der Waals surface area contributed by atoms with Crippen LogP contribution in [0.15, 0.2) is 58.5 Å². The van der Waals surface area contributed by atoms with E-state index in [1.54, 1.807) is 42.9 Å². The van der Waals surface area contributed by atoms with Crippen LogP contribution in [0.5, 0.6) is 0 Å². The average Bonchev–Trinajstić information content (AvgIpc) is 3.35. The first kappa shape index (κ1) is 18.5. The van der Waals surface area contributed by atoms with Gasteiger partial charge in [-0.2, -0.15) is 0 Å². The zero-order valence-electron chi connectivity index (χ0n) is 16.2. The Morgan fingerprint density at radius 3 is 2.53 bits per heavy atom. The molecule has 0 aliphatic carbocycles. The van der Waals surface area contributed by atoms with E-state index < -0.39 is 0 Å². The van der Waals surface area contributed by atoms with E-state index >= 15 is 0 Å². The molecule has 0 amide bonds. The molecule has 5 rings (SSSR count). The minimum absolute atomic E-state index is 0.118. The molecule has 0 saturated carbocycles. The van der Waals surface area contributed by atoms with Crippen LogP contribution in [0.25, 0.3) is 28.1 Å². The van der Waals surface area contributed by atoms with Crippen LogP contribution in [-0.2, 0) is 19.8 Å². The third kappa shape index (κ3) is 2.79. The summed E-state index contributed by atoms with van der Waals surface area (Å²) in [6, 6.07) is 13.8. The van der Waals surface area contributed by atoms with E-state index in [-0.39, 0.29) is 11.4 Å².